The molecule has 1 aromatic rings. The Balaban J connectivity index is 2.62. The van der Waals surface area contributed by atoms with Crippen molar-refractivity contribution in [2.45, 2.75) is 24.8 Å². The van der Waals surface area contributed by atoms with Crippen molar-refractivity contribution in [1.82, 2.24) is 5.32 Å². The zero-order valence-electron chi connectivity index (χ0n) is 10.8. The van der Waals surface area contributed by atoms with Gasteiger partial charge in [0.1, 0.15) is 0 Å². The minimum atomic E-state index is -3.72. The second-order valence-corrected chi connectivity index (χ2v) is 6.08. The number of primary sulfonamides is 1. The molecule has 0 fully saturated rings. The van der Waals surface area contributed by atoms with Crippen LogP contribution in [0.5, 0.6) is 0 Å². The predicted octanol–water partition coefficient (Wildman–Crippen LogP) is -0.0649. The van der Waals surface area contributed by atoms with E-state index in [2.05, 4.69) is 5.32 Å². The van der Waals surface area contributed by atoms with Crippen LogP contribution < -0.4 is 16.2 Å². The fraction of sp³-hybridized carbons (Fsp3) is 0.417. The zero-order valence-corrected chi connectivity index (χ0v) is 11.6. The molecule has 0 radical (unpaired) electrons. The minimum absolute atomic E-state index is 0.0366. The summed E-state index contributed by atoms with van der Waals surface area (Å²) in [6, 6.07) is 6.17. The summed E-state index contributed by atoms with van der Waals surface area (Å²) in [7, 11) is -3.72. The molecule has 0 spiro atoms. The molecule has 1 rings (SSSR count). The Kier molecular flexibility index (Phi) is 5.46. The molecule has 5 N–H and O–H groups in total. The van der Waals surface area contributed by atoms with Crippen LogP contribution in [0.3, 0.4) is 0 Å². The number of sulfonamides is 1. The average Bonchev–Trinajstić information content (AvgIpc) is 2.35. The van der Waals surface area contributed by atoms with Gasteiger partial charge in [0.2, 0.25) is 15.9 Å². The van der Waals surface area contributed by atoms with Gasteiger partial charge in [-0.05, 0) is 30.2 Å². The van der Waals surface area contributed by atoms with Gasteiger partial charge in [0.15, 0.2) is 0 Å². The number of carbonyl (C=O) groups is 1. The Labute approximate surface area is 113 Å². The van der Waals surface area contributed by atoms with Gasteiger partial charge in [-0.15, -0.1) is 0 Å². The number of nitrogens with one attached hydrogen (secondary N) is 1. The molecule has 1 atom stereocenters. The van der Waals surface area contributed by atoms with E-state index >= 15 is 0 Å². The molecule has 0 saturated heterocycles. The van der Waals surface area contributed by atoms with Crippen LogP contribution in [0.2, 0.25) is 0 Å². The van der Waals surface area contributed by atoms with E-state index in [1.807, 2.05) is 6.92 Å². The smallest absolute Gasteiger partial charge is 0.238 e. The maximum Gasteiger partial charge on any atom is 0.238 e. The Hall–Kier alpha value is -1.44. The van der Waals surface area contributed by atoms with Crippen LogP contribution in [0.15, 0.2) is 29.2 Å². The van der Waals surface area contributed by atoms with E-state index in [1.54, 1.807) is 12.1 Å². The quantitative estimate of drug-likeness (QED) is 0.678. The SMILES string of the molecule is CC(CN)CC(=O)NCc1cccc(S(N)(=O)=O)c1. The normalized spacial score (nSPS) is 13.0. The molecule has 106 valence electrons. The second kappa shape index (κ2) is 6.65. The zero-order chi connectivity index (χ0) is 14.5. The molecule has 0 aliphatic rings. The van der Waals surface area contributed by atoms with Gasteiger partial charge in [0, 0.05) is 13.0 Å². The lowest BCUT2D eigenvalue weighted by atomic mass is 10.1. The maximum absolute atomic E-state index is 11.6. The number of amides is 1. The van der Waals surface area contributed by atoms with Crippen molar-refractivity contribution < 1.29 is 13.2 Å². The molecule has 0 aromatic heterocycles. The third kappa shape index (κ3) is 5.37. The summed E-state index contributed by atoms with van der Waals surface area (Å²) in [6.07, 6.45) is 0.353. The molecule has 7 heteroatoms. The van der Waals surface area contributed by atoms with Crippen molar-refractivity contribution in [2.75, 3.05) is 6.54 Å². The van der Waals surface area contributed by atoms with Crippen molar-refractivity contribution in [3.63, 3.8) is 0 Å². The molecule has 0 saturated carbocycles. The lowest BCUT2D eigenvalue weighted by Crippen LogP contribution is -2.26. The first-order chi connectivity index (χ1) is 8.82. The van der Waals surface area contributed by atoms with E-state index < -0.39 is 10.0 Å². The van der Waals surface area contributed by atoms with E-state index in [0.717, 1.165) is 0 Å². The predicted molar refractivity (Wildman–Crippen MR) is 72.5 cm³/mol. The summed E-state index contributed by atoms with van der Waals surface area (Å²) in [5.41, 5.74) is 6.12. The Morgan fingerprint density at radius 1 is 1.42 bits per heavy atom. The molecule has 1 unspecified atom stereocenters. The van der Waals surface area contributed by atoms with Gasteiger partial charge < -0.3 is 11.1 Å². The monoisotopic (exact) mass is 285 g/mol. The topological polar surface area (TPSA) is 115 Å². The van der Waals surface area contributed by atoms with Gasteiger partial charge in [-0.25, -0.2) is 13.6 Å². The number of nitrogens with two attached hydrogens (primary N) is 2. The summed E-state index contributed by atoms with van der Waals surface area (Å²) in [6.45, 7) is 2.61. The van der Waals surface area contributed by atoms with Gasteiger partial charge in [-0.3, -0.25) is 4.79 Å². The highest BCUT2D eigenvalue weighted by atomic mass is 32.2. The summed E-state index contributed by atoms with van der Waals surface area (Å²) in [5.74, 6) is 0.00899. The van der Waals surface area contributed by atoms with Crippen LogP contribution in [-0.4, -0.2) is 20.9 Å². The highest BCUT2D eigenvalue weighted by Gasteiger charge is 2.09. The molecule has 0 bridgehead atoms. The van der Waals surface area contributed by atoms with Crippen molar-refractivity contribution >= 4 is 15.9 Å². The first-order valence-electron chi connectivity index (χ1n) is 5.91. The van der Waals surface area contributed by atoms with Crippen molar-refractivity contribution in [3.8, 4) is 0 Å². The molecule has 0 aliphatic heterocycles. The molecule has 6 nitrogen and oxygen atoms in total. The lowest BCUT2D eigenvalue weighted by Gasteiger charge is -2.09. The van der Waals surface area contributed by atoms with Crippen LogP contribution in [0, 0.1) is 5.92 Å². The van der Waals surface area contributed by atoms with Crippen LogP contribution in [0.4, 0.5) is 0 Å². The van der Waals surface area contributed by atoms with Gasteiger partial charge in [-0.1, -0.05) is 19.1 Å². The minimum Gasteiger partial charge on any atom is -0.352 e. The number of benzene rings is 1. The van der Waals surface area contributed by atoms with Crippen molar-refractivity contribution in [2.24, 2.45) is 16.8 Å². The number of rotatable bonds is 6. The highest BCUT2D eigenvalue weighted by Crippen LogP contribution is 2.09. The largest absolute Gasteiger partial charge is 0.352 e. The first-order valence-corrected chi connectivity index (χ1v) is 7.46. The second-order valence-electron chi connectivity index (χ2n) is 4.51. The van der Waals surface area contributed by atoms with Crippen molar-refractivity contribution in [3.05, 3.63) is 29.8 Å². The van der Waals surface area contributed by atoms with Crippen LogP contribution in [0.1, 0.15) is 18.9 Å². The van der Waals surface area contributed by atoms with Crippen LogP contribution in [-0.2, 0) is 21.4 Å². The standard InChI is InChI=1S/C12H19N3O3S/c1-9(7-13)5-12(16)15-8-10-3-2-4-11(6-10)19(14,17)18/h2-4,6,9H,5,7-8,13H2,1H3,(H,15,16)(H2,14,17,18). The third-order valence-corrected chi connectivity index (χ3v) is 3.56. The molecule has 0 heterocycles. The molecule has 19 heavy (non-hydrogen) atoms. The molecular weight excluding hydrogens is 266 g/mol. The Morgan fingerprint density at radius 2 is 2.11 bits per heavy atom. The van der Waals surface area contributed by atoms with Gasteiger partial charge in [-0.2, -0.15) is 0 Å². The van der Waals surface area contributed by atoms with E-state index in [1.165, 1.54) is 12.1 Å². The van der Waals surface area contributed by atoms with E-state index in [4.69, 9.17) is 10.9 Å². The average molecular weight is 285 g/mol. The third-order valence-electron chi connectivity index (χ3n) is 2.65. The summed E-state index contributed by atoms with van der Waals surface area (Å²) < 4.78 is 22.4. The molecule has 1 amide bonds. The molecule has 0 aliphatic carbocycles. The fourth-order valence-electron chi connectivity index (χ4n) is 1.51. The highest BCUT2D eigenvalue weighted by molar-refractivity contribution is 7.89. The molecule has 1 aromatic carbocycles. The number of hydrogen-bond acceptors (Lipinski definition) is 4. The Morgan fingerprint density at radius 3 is 2.68 bits per heavy atom. The van der Waals surface area contributed by atoms with Crippen LogP contribution in [0.25, 0.3) is 0 Å². The van der Waals surface area contributed by atoms with Crippen LogP contribution >= 0.6 is 0 Å². The van der Waals surface area contributed by atoms with Gasteiger partial charge in [0.05, 0.1) is 4.90 Å². The fourth-order valence-corrected chi connectivity index (χ4v) is 2.09. The van der Waals surface area contributed by atoms with Crippen molar-refractivity contribution in [1.29, 1.82) is 0 Å². The molecular formula is C12H19N3O3S. The summed E-state index contributed by atoms with van der Waals surface area (Å²) in [4.78, 5) is 11.6. The van der Waals surface area contributed by atoms with Gasteiger partial charge >= 0.3 is 0 Å². The number of carbonyl (C=O) groups excluding carboxylic acids is 1. The maximum atomic E-state index is 11.6. The lowest BCUT2D eigenvalue weighted by molar-refractivity contribution is -0.122. The summed E-state index contributed by atoms with van der Waals surface area (Å²) >= 11 is 0. The van der Waals surface area contributed by atoms with E-state index in [9.17, 15) is 13.2 Å². The van der Waals surface area contributed by atoms with Gasteiger partial charge in [0.25, 0.3) is 0 Å². The summed E-state index contributed by atoms with van der Waals surface area (Å²) in [5, 5.41) is 7.75. The van der Waals surface area contributed by atoms with E-state index in [-0.39, 0.29) is 23.3 Å². The van der Waals surface area contributed by atoms with E-state index in [0.29, 0.717) is 18.5 Å². The first kappa shape index (κ1) is 15.6. The number of hydrogen-bond donors (Lipinski definition) is 3. The Bertz CT molecular complexity index is 543.